The monoisotopic (exact) mass is 292 g/mol. The fourth-order valence-electron chi connectivity index (χ4n) is 1.86. The standard InChI is InChI=1S/C16H19FN2O2.H2/c1-11(2)16(20)19-15-9-13(7-8-18-15)21-14-6-4-3-5-12(14)10-17;/h3-4,6-9,11-12H,5,10H2,1-2H3,(H,18,19,20);1H. The molecule has 5 heteroatoms. The van der Waals surface area contributed by atoms with E-state index >= 15 is 0 Å². The van der Waals surface area contributed by atoms with E-state index < -0.39 is 6.67 Å². The first-order valence-corrected chi connectivity index (χ1v) is 6.97. The molecule has 1 aliphatic carbocycles. The fraction of sp³-hybridized carbons (Fsp3) is 0.375. The first-order chi connectivity index (χ1) is 10.1. The van der Waals surface area contributed by atoms with Crippen molar-refractivity contribution in [3.63, 3.8) is 0 Å². The highest BCUT2D eigenvalue weighted by molar-refractivity contribution is 5.91. The van der Waals surface area contributed by atoms with E-state index in [2.05, 4.69) is 10.3 Å². The number of amides is 1. The van der Waals surface area contributed by atoms with Crippen molar-refractivity contribution in [3.8, 4) is 5.75 Å². The highest BCUT2D eigenvalue weighted by Gasteiger charge is 2.17. The topological polar surface area (TPSA) is 51.2 Å². The maximum Gasteiger partial charge on any atom is 0.228 e. The van der Waals surface area contributed by atoms with E-state index in [1.807, 2.05) is 12.2 Å². The van der Waals surface area contributed by atoms with Crippen molar-refractivity contribution >= 4 is 11.7 Å². The van der Waals surface area contributed by atoms with Gasteiger partial charge in [0.1, 0.15) is 17.3 Å². The van der Waals surface area contributed by atoms with Crippen molar-refractivity contribution in [1.82, 2.24) is 4.98 Å². The number of hydrogen-bond donors (Lipinski definition) is 1. The van der Waals surface area contributed by atoms with E-state index in [9.17, 15) is 9.18 Å². The van der Waals surface area contributed by atoms with Crippen molar-refractivity contribution in [1.29, 1.82) is 0 Å². The predicted molar refractivity (Wildman–Crippen MR) is 81.8 cm³/mol. The average molecular weight is 292 g/mol. The SMILES string of the molecule is CC(C)C(=O)Nc1cc(OC2=CC=CCC2CF)ccn1.[HH]. The summed E-state index contributed by atoms with van der Waals surface area (Å²) in [5, 5.41) is 2.71. The van der Waals surface area contributed by atoms with E-state index in [-0.39, 0.29) is 19.2 Å². The molecule has 1 aromatic heterocycles. The highest BCUT2D eigenvalue weighted by Crippen LogP contribution is 2.26. The molecular formula is C16H21FN2O2. The molecular weight excluding hydrogens is 271 g/mol. The smallest absolute Gasteiger partial charge is 0.228 e. The molecule has 1 N–H and O–H groups in total. The number of halogens is 1. The molecule has 0 aliphatic heterocycles. The molecule has 21 heavy (non-hydrogen) atoms. The van der Waals surface area contributed by atoms with Crippen LogP contribution in [-0.4, -0.2) is 17.6 Å². The van der Waals surface area contributed by atoms with Gasteiger partial charge in [-0.05, 0) is 18.6 Å². The van der Waals surface area contributed by atoms with Gasteiger partial charge in [-0.25, -0.2) is 4.98 Å². The van der Waals surface area contributed by atoms with Crippen LogP contribution in [0.2, 0.25) is 0 Å². The lowest BCUT2D eigenvalue weighted by Gasteiger charge is -2.19. The minimum absolute atomic E-state index is 0. The summed E-state index contributed by atoms with van der Waals surface area (Å²) in [6.45, 7) is 3.15. The van der Waals surface area contributed by atoms with Gasteiger partial charge in [-0.1, -0.05) is 26.0 Å². The second kappa shape index (κ2) is 7.02. The number of ether oxygens (including phenoxy) is 1. The van der Waals surface area contributed by atoms with Crippen LogP contribution in [0.15, 0.2) is 42.3 Å². The number of allylic oxidation sites excluding steroid dienone is 4. The lowest BCUT2D eigenvalue weighted by atomic mass is 10.0. The Morgan fingerprint density at radius 1 is 1.62 bits per heavy atom. The Hall–Kier alpha value is -2.17. The predicted octanol–water partition coefficient (Wildman–Crippen LogP) is 3.73. The van der Waals surface area contributed by atoms with Gasteiger partial charge in [0.05, 0.1) is 6.67 Å². The van der Waals surface area contributed by atoms with Gasteiger partial charge in [-0.15, -0.1) is 0 Å². The van der Waals surface area contributed by atoms with E-state index in [4.69, 9.17) is 4.74 Å². The summed E-state index contributed by atoms with van der Waals surface area (Å²) in [6, 6.07) is 3.31. The van der Waals surface area contributed by atoms with E-state index in [1.165, 1.54) is 0 Å². The third-order valence-corrected chi connectivity index (χ3v) is 3.15. The summed E-state index contributed by atoms with van der Waals surface area (Å²) in [4.78, 5) is 15.7. The van der Waals surface area contributed by atoms with Gasteiger partial charge in [0, 0.05) is 25.5 Å². The zero-order chi connectivity index (χ0) is 15.2. The molecule has 4 nitrogen and oxygen atoms in total. The van der Waals surface area contributed by atoms with Crippen molar-refractivity contribution in [2.45, 2.75) is 20.3 Å². The van der Waals surface area contributed by atoms with E-state index in [0.29, 0.717) is 23.7 Å². The second-order valence-corrected chi connectivity index (χ2v) is 5.21. The Morgan fingerprint density at radius 2 is 2.43 bits per heavy atom. The van der Waals surface area contributed by atoms with E-state index in [1.54, 1.807) is 38.3 Å². The molecule has 1 amide bonds. The van der Waals surface area contributed by atoms with Gasteiger partial charge in [0.2, 0.25) is 5.91 Å². The van der Waals surface area contributed by atoms with Crippen LogP contribution in [-0.2, 0) is 4.79 Å². The molecule has 1 unspecified atom stereocenters. The summed E-state index contributed by atoms with van der Waals surface area (Å²) in [5.74, 6) is 1.06. The molecule has 0 fully saturated rings. The number of anilines is 1. The first-order valence-electron chi connectivity index (χ1n) is 6.97. The lowest BCUT2D eigenvalue weighted by molar-refractivity contribution is -0.118. The first kappa shape index (κ1) is 15.2. The number of nitrogens with one attached hydrogen (secondary N) is 1. The fourth-order valence-corrected chi connectivity index (χ4v) is 1.86. The van der Waals surface area contributed by atoms with Crippen molar-refractivity contribution in [2.75, 3.05) is 12.0 Å². The van der Waals surface area contributed by atoms with E-state index in [0.717, 1.165) is 0 Å². The summed E-state index contributed by atoms with van der Waals surface area (Å²) in [7, 11) is 0. The Bertz CT molecular complexity index is 573. The van der Waals surface area contributed by atoms with Gasteiger partial charge in [-0.2, -0.15) is 0 Å². The Balaban J connectivity index is 0.00000242. The van der Waals surface area contributed by atoms with Gasteiger partial charge in [-0.3, -0.25) is 9.18 Å². The van der Waals surface area contributed by atoms with Crippen LogP contribution < -0.4 is 10.1 Å². The Kier molecular flexibility index (Phi) is 5.09. The van der Waals surface area contributed by atoms with Crippen LogP contribution in [0.4, 0.5) is 10.2 Å². The summed E-state index contributed by atoms with van der Waals surface area (Å²) >= 11 is 0. The van der Waals surface area contributed by atoms with Crippen LogP contribution in [0.25, 0.3) is 0 Å². The number of rotatable bonds is 5. The van der Waals surface area contributed by atoms with Crippen LogP contribution in [0.5, 0.6) is 5.75 Å². The number of hydrogen-bond acceptors (Lipinski definition) is 3. The third-order valence-electron chi connectivity index (χ3n) is 3.15. The number of alkyl halides is 1. The average Bonchev–Trinajstić information content (AvgIpc) is 2.48. The van der Waals surface area contributed by atoms with Gasteiger partial charge >= 0.3 is 0 Å². The minimum Gasteiger partial charge on any atom is -0.461 e. The molecule has 0 bridgehead atoms. The molecule has 2 rings (SSSR count). The van der Waals surface area contributed by atoms with Gasteiger partial charge in [0.15, 0.2) is 0 Å². The van der Waals surface area contributed by atoms with Crippen LogP contribution in [0.1, 0.15) is 21.7 Å². The Labute approximate surface area is 125 Å². The zero-order valence-electron chi connectivity index (χ0n) is 12.2. The molecule has 0 radical (unpaired) electrons. The number of pyridine rings is 1. The normalized spacial score (nSPS) is 17.5. The molecule has 1 aromatic rings. The molecule has 0 saturated heterocycles. The maximum absolute atomic E-state index is 12.9. The second-order valence-electron chi connectivity index (χ2n) is 5.21. The molecule has 0 saturated carbocycles. The van der Waals surface area contributed by atoms with Crippen molar-refractivity contribution in [2.24, 2.45) is 11.8 Å². The van der Waals surface area contributed by atoms with Gasteiger partial charge < -0.3 is 10.1 Å². The maximum atomic E-state index is 12.9. The summed E-state index contributed by atoms with van der Waals surface area (Å²) < 4.78 is 18.7. The largest absolute Gasteiger partial charge is 0.461 e. The summed E-state index contributed by atoms with van der Waals surface area (Å²) in [6.07, 6.45) is 7.71. The number of nitrogens with zero attached hydrogens (tertiary/aromatic N) is 1. The van der Waals surface area contributed by atoms with Crippen LogP contribution in [0.3, 0.4) is 0 Å². The van der Waals surface area contributed by atoms with Crippen molar-refractivity contribution < 1.29 is 15.3 Å². The number of aromatic nitrogens is 1. The zero-order valence-corrected chi connectivity index (χ0v) is 12.2. The molecule has 1 aliphatic rings. The third kappa shape index (κ3) is 4.15. The van der Waals surface area contributed by atoms with Gasteiger partial charge in [0.25, 0.3) is 0 Å². The molecule has 114 valence electrons. The van der Waals surface area contributed by atoms with Crippen LogP contribution in [0, 0.1) is 11.8 Å². The molecule has 1 atom stereocenters. The number of carbonyl (C=O) groups is 1. The Morgan fingerprint density at radius 3 is 3.14 bits per heavy atom. The molecule has 0 aromatic carbocycles. The molecule has 0 spiro atoms. The molecule has 1 heterocycles. The van der Waals surface area contributed by atoms with Crippen molar-refractivity contribution in [3.05, 3.63) is 42.3 Å². The number of carbonyl (C=O) groups excluding carboxylic acids is 1. The van der Waals surface area contributed by atoms with Crippen LogP contribution >= 0.6 is 0 Å². The quantitative estimate of drug-likeness (QED) is 0.899. The lowest BCUT2D eigenvalue weighted by Crippen LogP contribution is -2.18. The highest BCUT2D eigenvalue weighted by atomic mass is 19.1. The minimum atomic E-state index is -0.460. The summed E-state index contributed by atoms with van der Waals surface area (Å²) in [5.41, 5.74) is 0.